The first kappa shape index (κ1) is 16.3. The Labute approximate surface area is 122 Å². The first-order chi connectivity index (χ1) is 8.85. The molecule has 1 aromatic carbocycles. The van der Waals surface area contributed by atoms with E-state index in [1.165, 1.54) is 20.3 Å². The van der Waals surface area contributed by atoms with Crippen molar-refractivity contribution < 1.29 is 17.9 Å². The summed E-state index contributed by atoms with van der Waals surface area (Å²) in [7, 11) is -0.634. The molecule has 7 heteroatoms. The molecule has 0 saturated heterocycles. The average Bonchev–Trinajstić information content (AvgIpc) is 2.37. The Balaban J connectivity index is 3.27. The van der Waals surface area contributed by atoms with Gasteiger partial charge in [-0.2, -0.15) is 0 Å². The van der Waals surface area contributed by atoms with Crippen LogP contribution in [0, 0.1) is 0 Å². The highest BCUT2D eigenvalue weighted by Crippen LogP contribution is 2.35. The van der Waals surface area contributed by atoms with Gasteiger partial charge in [-0.25, -0.2) is 13.1 Å². The predicted molar refractivity (Wildman–Crippen MR) is 77.3 cm³/mol. The van der Waals surface area contributed by atoms with E-state index in [1.54, 1.807) is 6.07 Å². The second-order valence-electron chi connectivity index (χ2n) is 4.07. The highest BCUT2D eigenvalue weighted by molar-refractivity contribution is 9.10. The van der Waals surface area contributed by atoms with Gasteiger partial charge in [0, 0.05) is 16.6 Å². The lowest BCUT2D eigenvalue weighted by molar-refractivity contribution is 0.353. The first-order valence-corrected chi connectivity index (χ1v) is 8.07. The molecule has 0 bridgehead atoms. The zero-order chi connectivity index (χ0) is 14.6. The van der Waals surface area contributed by atoms with Gasteiger partial charge in [-0.3, -0.25) is 0 Å². The quantitative estimate of drug-likeness (QED) is 0.855. The van der Waals surface area contributed by atoms with Crippen molar-refractivity contribution in [3.8, 4) is 11.5 Å². The molecule has 1 aromatic rings. The average molecular weight is 352 g/mol. The minimum absolute atomic E-state index is 0.130. The number of methoxy groups -OCH3 is 2. The number of halogens is 1. The molecule has 0 amide bonds. The van der Waals surface area contributed by atoms with Crippen LogP contribution in [0.2, 0.25) is 0 Å². The van der Waals surface area contributed by atoms with E-state index in [0.717, 1.165) is 0 Å². The molecule has 0 spiro atoms. The van der Waals surface area contributed by atoms with Crippen LogP contribution >= 0.6 is 15.9 Å². The first-order valence-electron chi connectivity index (χ1n) is 5.79. The third kappa shape index (κ3) is 3.84. The summed E-state index contributed by atoms with van der Waals surface area (Å²) in [5.74, 6) is 0.840. The van der Waals surface area contributed by atoms with E-state index in [0.29, 0.717) is 22.4 Å². The van der Waals surface area contributed by atoms with Gasteiger partial charge in [0.15, 0.2) is 11.5 Å². The van der Waals surface area contributed by atoms with Gasteiger partial charge in [0.1, 0.15) is 4.90 Å². The number of sulfonamides is 1. The molecule has 0 aliphatic carbocycles. The predicted octanol–water partition coefficient (Wildman–Crippen LogP) is 2.54. The Morgan fingerprint density at radius 2 is 1.79 bits per heavy atom. The van der Waals surface area contributed by atoms with Gasteiger partial charge in [0.2, 0.25) is 10.0 Å². The maximum atomic E-state index is 12.3. The smallest absolute Gasteiger partial charge is 0.242 e. The molecule has 0 saturated carbocycles. The van der Waals surface area contributed by atoms with E-state index in [1.807, 2.05) is 13.8 Å². The van der Waals surface area contributed by atoms with E-state index < -0.39 is 10.0 Å². The van der Waals surface area contributed by atoms with Gasteiger partial charge < -0.3 is 9.47 Å². The van der Waals surface area contributed by atoms with Gasteiger partial charge in [-0.05, 0) is 35.3 Å². The minimum atomic E-state index is -3.59. The second kappa shape index (κ2) is 6.58. The summed E-state index contributed by atoms with van der Waals surface area (Å²) in [4.78, 5) is 0.130. The molecule has 0 heterocycles. The molecular weight excluding hydrogens is 334 g/mol. The van der Waals surface area contributed by atoms with Crippen LogP contribution in [-0.4, -0.2) is 28.7 Å². The van der Waals surface area contributed by atoms with Crippen molar-refractivity contribution in [1.82, 2.24) is 4.72 Å². The molecule has 19 heavy (non-hydrogen) atoms. The van der Waals surface area contributed by atoms with Crippen LogP contribution in [0.4, 0.5) is 0 Å². The number of rotatable bonds is 6. The third-order valence-electron chi connectivity index (χ3n) is 2.70. The summed E-state index contributed by atoms with van der Waals surface area (Å²) in [6, 6.07) is 2.88. The topological polar surface area (TPSA) is 64.6 Å². The maximum absolute atomic E-state index is 12.3. The van der Waals surface area contributed by atoms with Gasteiger partial charge in [0.25, 0.3) is 0 Å². The van der Waals surface area contributed by atoms with Gasteiger partial charge in [0.05, 0.1) is 14.2 Å². The fourth-order valence-corrected chi connectivity index (χ4v) is 3.82. The normalized spacial score (nSPS) is 13.1. The molecular formula is C12H18BrNO4S. The van der Waals surface area contributed by atoms with E-state index in [9.17, 15) is 8.42 Å². The van der Waals surface area contributed by atoms with E-state index in [-0.39, 0.29) is 10.9 Å². The molecule has 0 fully saturated rings. The van der Waals surface area contributed by atoms with E-state index in [4.69, 9.17) is 9.47 Å². The Kier molecular flexibility index (Phi) is 5.64. The minimum Gasteiger partial charge on any atom is -0.493 e. The summed E-state index contributed by atoms with van der Waals surface area (Å²) in [5, 5.41) is 0. The van der Waals surface area contributed by atoms with Crippen LogP contribution in [0.15, 0.2) is 21.5 Å². The van der Waals surface area contributed by atoms with Crippen molar-refractivity contribution in [2.45, 2.75) is 31.2 Å². The van der Waals surface area contributed by atoms with Crippen LogP contribution in [0.1, 0.15) is 20.3 Å². The van der Waals surface area contributed by atoms with Crippen molar-refractivity contribution in [3.05, 3.63) is 16.6 Å². The zero-order valence-electron chi connectivity index (χ0n) is 11.4. The van der Waals surface area contributed by atoms with Crippen LogP contribution < -0.4 is 14.2 Å². The molecule has 108 valence electrons. The third-order valence-corrected chi connectivity index (χ3v) is 5.24. The summed E-state index contributed by atoms with van der Waals surface area (Å²) in [6.45, 7) is 3.73. The molecule has 1 N–H and O–H groups in total. The lowest BCUT2D eigenvalue weighted by Crippen LogP contribution is -2.32. The number of hydrogen-bond acceptors (Lipinski definition) is 4. The standard InChI is InChI=1S/C12H18BrNO4S/c1-5-8(2)14-19(15,16)12-7-11(18-4)10(17-3)6-9(12)13/h6-8,14H,5H2,1-4H3/t8-/m0/s1. The van der Waals surface area contributed by atoms with Crippen LogP contribution in [0.5, 0.6) is 11.5 Å². The van der Waals surface area contributed by atoms with Crippen molar-refractivity contribution >= 4 is 26.0 Å². The SMILES string of the molecule is CC[C@H](C)NS(=O)(=O)c1cc(OC)c(OC)cc1Br. The van der Waals surface area contributed by atoms with Gasteiger partial charge in [-0.15, -0.1) is 0 Å². The fourth-order valence-electron chi connectivity index (χ4n) is 1.45. The molecule has 1 atom stereocenters. The summed E-state index contributed by atoms with van der Waals surface area (Å²) >= 11 is 3.24. The van der Waals surface area contributed by atoms with Crippen LogP contribution in [0.3, 0.4) is 0 Å². The lowest BCUT2D eigenvalue weighted by atomic mass is 10.3. The second-order valence-corrected chi connectivity index (χ2v) is 6.60. The summed E-state index contributed by atoms with van der Waals surface area (Å²) < 4.78 is 37.8. The molecule has 0 aromatic heterocycles. The van der Waals surface area contributed by atoms with Gasteiger partial charge >= 0.3 is 0 Å². The number of ether oxygens (including phenoxy) is 2. The molecule has 1 rings (SSSR count). The van der Waals surface area contributed by atoms with Crippen LogP contribution in [0.25, 0.3) is 0 Å². The molecule has 0 unspecified atom stereocenters. The summed E-state index contributed by atoms with van der Waals surface area (Å²) in [5.41, 5.74) is 0. The van der Waals surface area contributed by atoms with Crippen LogP contribution in [-0.2, 0) is 10.0 Å². The maximum Gasteiger partial charge on any atom is 0.242 e. The highest BCUT2D eigenvalue weighted by Gasteiger charge is 2.22. The van der Waals surface area contributed by atoms with Gasteiger partial charge in [-0.1, -0.05) is 6.92 Å². The van der Waals surface area contributed by atoms with E-state index in [2.05, 4.69) is 20.7 Å². The lowest BCUT2D eigenvalue weighted by Gasteiger charge is -2.15. The molecule has 5 nitrogen and oxygen atoms in total. The Bertz CT molecular complexity index is 545. The highest BCUT2D eigenvalue weighted by atomic mass is 79.9. The number of hydrogen-bond donors (Lipinski definition) is 1. The molecule has 0 aliphatic rings. The largest absolute Gasteiger partial charge is 0.493 e. The number of nitrogens with one attached hydrogen (secondary N) is 1. The summed E-state index contributed by atoms with van der Waals surface area (Å²) in [6.07, 6.45) is 0.712. The Hall–Kier alpha value is -0.790. The molecule has 0 radical (unpaired) electrons. The van der Waals surface area contributed by atoms with Crippen molar-refractivity contribution in [3.63, 3.8) is 0 Å². The van der Waals surface area contributed by atoms with Crippen molar-refractivity contribution in [2.24, 2.45) is 0 Å². The zero-order valence-corrected chi connectivity index (χ0v) is 13.8. The number of benzene rings is 1. The fraction of sp³-hybridized carbons (Fsp3) is 0.500. The van der Waals surface area contributed by atoms with Crippen molar-refractivity contribution in [2.75, 3.05) is 14.2 Å². The Morgan fingerprint density at radius 1 is 1.26 bits per heavy atom. The Morgan fingerprint density at radius 3 is 2.26 bits per heavy atom. The monoisotopic (exact) mass is 351 g/mol. The molecule has 0 aliphatic heterocycles. The van der Waals surface area contributed by atoms with E-state index >= 15 is 0 Å². The van der Waals surface area contributed by atoms with Crippen molar-refractivity contribution in [1.29, 1.82) is 0 Å².